The Morgan fingerprint density at radius 1 is 1.45 bits per heavy atom. The Kier molecular flexibility index (Phi) is 2.58. The first-order valence-electron chi connectivity index (χ1n) is 3.62. The molecule has 0 radical (unpaired) electrons. The molecule has 0 aromatic carbocycles. The van der Waals surface area contributed by atoms with Gasteiger partial charge in [0, 0.05) is 0 Å². The molecule has 1 heterocycles. The van der Waals surface area contributed by atoms with Crippen molar-refractivity contribution < 1.29 is 4.42 Å². The Bertz CT molecular complexity index is 232. The van der Waals surface area contributed by atoms with Crippen LogP contribution in [0.3, 0.4) is 0 Å². The average molecular weight is 174 g/mol. The topological polar surface area (TPSA) is 39.2 Å². The molecule has 0 saturated carbocycles. The quantitative estimate of drug-likeness (QED) is 0.747. The number of furan rings is 1. The number of rotatable bonds is 2. The molecule has 1 aromatic heterocycles. The summed E-state index contributed by atoms with van der Waals surface area (Å²) in [5.74, 6) is 1.13. The molecule has 0 aliphatic rings. The lowest BCUT2D eigenvalue weighted by Crippen LogP contribution is -2.15. The molecule has 0 bridgehead atoms. The number of hydrogen-bond donors (Lipinski definition) is 1. The van der Waals surface area contributed by atoms with E-state index < -0.39 is 0 Å². The number of halogens is 1. The molecule has 0 aliphatic carbocycles. The molecule has 3 heteroatoms. The summed E-state index contributed by atoms with van der Waals surface area (Å²) in [5.41, 5.74) is 5.80. The average Bonchev–Trinajstić information content (AvgIpc) is 2.34. The van der Waals surface area contributed by atoms with Crippen molar-refractivity contribution in [1.82, 2.24) is 0 Å². The normalized spacial score (nSPS) is 13.9. The molecule has 2 nitrogen and oxygen atoms in total. The molecule has 0 aliphatic heterocycles. The SMILES string of the molecule is CC(C)[C@@H](N)c1ccc(Cl)o1. The largest absolute Gasteiger partial charge is 0.448 e. The van der Waals surface area contributed by atoms with Crippen LogP contribution in [-0.2, 0) is 0 Å². The standard InChI is InChI=1S/C8H12ClNO/c1-5(2)8(10)6-3-4-7(9)11-6/h3-5,8H,10H2,1-2H3/t8-/m1/s1. The fraction of sp³-hybridized carbons (Fsp3) is 0.500. The van der Waals surface area contributed by atoms with Crippen LogP contribution in [-0.4, -0.2) is 0 Å². The first-order valence-corrected chi connectivity index (χ1v) is 4.00. The van der Waals surface area contributed by atoms with E-state index in [-0.39, 0.29) is 6.04 Å². The molecule has 0 unspecified atom stereocenters. The zero-order valence-corrected chi connectivity index (χ0v) is 7.43. The van der Waals surface area contributed by atoms with Crippen molar-refractivity contribution in [1.29, 1.82) is 0 Å². The van der Waals surface area contributed by atoms with Gasteiger partial charge in [-0.05, 0) is 29.7 Å². The van der Waals surface area contributed by atoms with Gasteiger partial charge in [-0.1, -0.05) is 13.8 Å². The summed E-state index contributed by atoms with van der Waals surface area (Å²) in [5, 5.41) is 0.399. The molecule has 1 rings (SSSR count). The van der Waals surface area contributed by atoms with Crippen LogP contribution in [0.15, 0.2) is 16.5 Å². The van der Waals surface area contributed by atoms with E-state index in [1.54, 1.807) is 6.07 Å². The summed E-state index contributed by atoms with van der Waals surface area (Å²) in [7, 11) is 0. The van der Waals surface area contributed by atoms with Gasteiger partial charge in [-0.25, -0.2) is 0 Å². The van der Waals surface area contributed by atoms with Gasteiger partial charge in [0.25, 0.3) is 0 Å². The van der Waals surface area contributed by atoms with Crippen LogP contribution in [0.1, 0.15) is 25.6 Å². The van der Waals surface area contributed by atoms with Crippen LogP contribution in [0.2, 0.25) is 5.22 Å². The first kappa shape index (κ1) is 8.62. The zero-order chi connectivity index (χ0) is 8.43. The van der Waals surface area contributed by atoms with Gasteiger partial charge < -0.3 is 10.2 Å². The van der Waals surface area contributed by atoms with E-state index in [0.717, 1.165) is 5.76 Å². The van der Waals surface area contributed by atoms with E-state index in [1.165, 1.54) is 0 Å². The number of nitrogens with two attached hydrogens (primary N) is 1. The van der Waals surface area contributed by atoms with E-state index in [0.29, 0.717) is 11.1 Å². The van der Waals surface area contributed by atoms with Gasteiger partial charge in [0.05, 0.1) is 6.04 Å². The first-order chi connectivity index (χ1) is 5.11. The molecule has 0 amide bonds. The predicted octanol–water partition coefficient (Wildman–Crippen LogP) is 2.59. The summed E-state index contributed by atoms with van der Waals surface area (Å²) >= 11 is 5.59. The smallest absolute Gasteiger partial charge is 0.193 e. The highest BCUT2D eigenvalue weighted by Gasteiger charge is 2.13. The minimum atomic E-state index is -0.0532. The fourth-order valence-electron chi connectivity index (χ4n) is 0.836. The molecule has 0 saturated heterocycles. The Labute approximate surface area is 71.3 Å². The van der Waals surface area contributed by atoms with Crippen molar-refractivity contribution in [2.24, 2.45) is 11.7 Å². The minimum absolute atomic E-state index is 0.0532. The third-order valence-electron chi connectivity index (χ3n) is 1.64. The van der Waals surface area contributed by atoms with Crippen LogP contribution in [0.25, 0.3) is 0 Å². The summed E-state index contributed by atoms with van der Waals surface area (Å²) in [6, 6.07) is 3.47. The Morgan fingerprint density at radius 2 is 2.09 bits per heavy atom. The van der Waals surface area contributed by atoms with Crippen LogP contribution < -0.4 is 5.73 Å². The molecule has 2 N–H and O–H groups in total. The third kappa shape index (κ3) is 1.98. The van der Waals surface area contributed by atoms with Crippen molar-refractivity contribution in [2.45, 2.75) is 19.9 Å². The lowest BCUT2D eigenvalue weighted by atomic mass is 10.0. The van der Waals surface area contributed by atoms with Gasteiger partial charge in [0.1, 0.15) is 5.76 Å². The highest BCUT2D eigenvalue weighted by Crippen LogP contribution is 2.23. The van der Waals surface area contributed by atoms with Crippen molar-refractivity contribution in [3.05, 3.63) is 23.1 Å². The summed E-state index contributed by atoms with van der Waals surface area (Å²) < 4.78 is 5.15. The third-order valence-corrected chi connectivity index (χ3v) is 1.84. The molecule has 0 spiro atoms. The maximum Gasteiger partial charge on any atom is 0.193 e. The molecule has 1 atom stereocenters. The van der Waals surface area contributed by atoms with Gasteiger partial charge in [-0.3, -0.25) is 0 Å². The van der Waals surface area contributed by atoms with Crippen LogP contribution in [0.4, 0.5) is 0 Å². The van der Waals surface area contributed by atoms with E-state index in [2.05, 4.69) is 0 Å². The second-order valence-corrected chi connectivity index (χ2v) is 3.28. The summed E-state index contributed by atoms with van der Waals surface area (Å²) in [6.45, 7) is 4.09. The lowest BCUT2D eigenvalue weighted by Gasteiger charge is -2.11. The molecular weight excluding hydrogens is 162 g/mol. The van der Waals surface area contributed by atoms with Crippen LogP contribution in [0.5, 0.6) is 0 Å². The summed E-state index contributed by atoms with van der Waals surface area (Å²) in [6.07, 6.45) is 0. The fourth-order valence-corrected chi connectivity index (χ4v) is 0.988. The number of hydrogen-bond acceptors (Lipinski definition) is 2. The highest BCUT2D eigenvalue weighted by molar-refractivity contribution is 6.28. The molecular formula is C8H12ClNO. The van der Waals surface area contributed by atoms with E-state index in [4.69, 9.17) is 21.8 Å². The van der Waals surface area contributed by atoms with E-state index >= 15 is 0 Å². The van der Waals surface area contributed by atoms with Gasteiger partial charge in [0.2, 0.25) is 0 Å². The lowest BCUT2D eigenvalue weighted by molar-refractivity contribution is 0.403. The van der Waals surface area contributed by atoms with E-state index in [9.17, 15) is 0 Å². The molecule has 11 heavy (non-hydrogen) atoms. The Hall–Kier alpha value is -0.470. The van der Waals surface area contributed by atoms with Crippen molar-refractivity contribution in [3.8, 4) is 0 Å². The van der Waals surface area contributed by atoms with Gasteiger partial charge in [0.15, 0.2) is 5.22 Å². The summed E-state index contributed by atoms with van der Waals surface area (Å²) in [4.78, 5) is 0. The van der Waals surface area contributed by atoms with Crippen molar-refractivity contribution in [2.75, 3.05) is 0 Å². The molecule has 62 valence electrons. The highest BCUT2D eigenvalue weighted by atomic mass is 35.5. The monoisotopic (exact) mass is 173 g/mol. The second-order valence-electron chi connectivity index (χ2n) is 2.91. The predicted molar refractivity (Wildman–Crippen MR) is 45.5 cm³/mol. The maximum absolute atomic E-state index is 5.80. The molecule has 1 aromatic rings. The van der Waals surface area contributed by atoms with Gasteiger partial charge in [-0.2, -0.15) is 0 Å². The maximum atomic E-state index is 5.80. The Morgan fingerprint density at radius 3 is 2.45 bits per heavy atom. The van der Waals surface area contributed by atoms with Crippen molar-refractivity contribution >= 4 is 11.6 Å². The minimum Gasteiger partial charge on any atom is -0.448 e. The van der Waals surface area contributed by atoms with E-state index in [1.807, 2.05) is 19.9 Å². The van der Waals surface area contributed by atoms with Gasteiger partial charge in [-0.15, -0.1) is 0 Å². The van der Waals surface area contributed by atoms with Gasteiger partial charge >= 0.3 is 0 Å². The zero-order valence-electron chi connectivity index (χ0n) is 6.67. The second kappa shape index (κ2) is 3.28. The molecule has 0 fully saturated rings. The Balaban J connectivity index is 2.76. The van der Waals surface area contributed by atoms with Crippen LogP contribution >= 0.6 is 11.6 Å². The van der Waals surface area contributed by atoms with Crippen molar-refractivity contribution in [3.63, 3.8) is 0 Å². The van der Waals surface area contributed by atoms with Crippen LogP contribution in [0, 0.1) is 5.92 Å².